The molecule has 0 spiro atoms. The van der Waals surface area contributed by atoms with E-state index in [2.05, 4.69) is 29.7 Å². The van der Waals surface area contributed by atoms with E-state index < -0.39 is 0 Å². The fraction of sp³-hybridized carbons (Fsp3) is 0.211. The molecule has 0 aliphatic carbocycles. The lowest BCUT2D eigenvalue weighted by atomic mass is 10.1. The van der Waals surface area contributed by atoms with Gasteiger partial charge in [-0.05, 0) is 36.6 Å². The van der Waals surface area contributed by atoms with Gasteiger partial charge in [-0.2, -0.15) is 0 Å². The Morgan fingerprint density at radius 3 is 2.65 bits per heavy atom. The SMILES string of the molecule is COc1ccccc1/C=C/NC(=O)NCCc1ccccc1C. The largest absolute Gasteiger partial charge is 0.496 e. The number of nitrogens with one attached hydrogen (secondary N) is 2. The van der Waals surface area contributed by atoms with Crippen LogP contribution in [0.3, 0.4) is 0 Å². The topological polar surface area (TPSA) is 50.4 Å². The van der Waals surface area contributed by atoms with Crippen LogP contribution in [0, 0.1) is 6.92 Å². The highest BCUT2D eigenvalue weighted by molar-refractivity contribution is 5.76. The number of hydrogen-bond acceptors (Lipinski definition) is 2. The lowest BCUT2D eigenvalue weighted by molar-refractivity contribution is 0.244. The van der Waals surface area contributed by atoms with Gasteiger partial charge in [0.25, 0.3) is 0 Å². The molecule has 0 heterocycles. The van der Waals surface area contributed by atoms with Gasteiger partial charge in [-0.15, -0.1) is 0 Å². The molecule has 120 valence electrons. The fourth-order valence-corrected chi connectivity index (χ4v) is 2.26. The molecule has 0 aliphatic rings. The first-order valence-electron chi connectivity index (χ1n) is 7.59. The molecule has 0 aromatic heterocycles. The molecule has 4 heteroatoms. The lowest BCUT2D eigenvalue weighted by Gasteiger charge is -2.07. The number of ether oxygens (including phenoxy) is 1. The summed E-state index contributed by atoms with van der Waals surface area (Å²) in [5, 5.41) is 5.54. The second-order valence-corrected chi connectivity index (χ2v) is 5.15. The molecule has 0 radical (unpaired) electrons. The van der Waals surface area contributed by atoms with Crippen LogP contribution < -0.4 is 15.4 Å². The molecule has 0 saturated heterocycles. The summed E-state index contributed by atoms with van der Waals surface area (Å²) in [6.07, 6.45) is 4.23. The average molecular weight is 310 g/mol. The number of amides is 2. The third-order valence-corrected chi connectivity index (χ3v) is 3.56. The molecular weight excluding hydrogens is 288 g/mol. The number of aryl methyl sites for hydroxylation is 1. The molecule has 2 amide bonds. The number of carbonyl (C=O) groups excluding carboxylic acids is 1. The van der Waals surface area contributed by atoms with E-state index in [0.29, 0.717) is 6.54 Å². The molecule has 4 nitrogen and oxygen atoms in total. The number of hydrogen-bond donors (Lipinski definition) is 2. The van der Waals surface area contributed by atoms with Gasteiger partial charge in [0.15, 0.2) is 0 Å². The van der Waals surface area contributed by atoms with Crippen LogP contribution in [0.25, 0.3) is 6.08 Å². The van der Waals surface area contributed by atoms with Crippen LogP contribution in [-0.4, -0.2) is 19.7 Å². The highest BCUT2D eigenvalue weighted by atomic mass is 16.5. The van der Waals surface area contributed by atoms with E-state index in [-0.39, 0.29) is 6.03 Å². The summed E-state index contributed by atoms with van der Waals surface area (Å²) in [7, 11) is 1.62. The summed E-state index contributed by atoms with van der Waals surface area (Å²) >= 11 is 0. The van der Waals surface area contributed by atoms with Crippen molar-refractivity contribution in [3.63, 3.8) is 0 Å². The van der Waals surface area contributed by atoms with E-state index in [1.807, 2.05) is 36.4 Å². The van der Waals surface area contributed by atoms with Crippen molar-refractivity contribution in [3.8, 4) is 5.75 Å². The minimum absolute atomic E-state index is 0.218. The van der Waals surface area contributed by atoms with Gasteiger partial charge in [-0.1, -0.05) is 42.5 Å². The number of carbonyl (C=O) groups is 1. The van der Waals surface area contributed by atoms with Crippen molar-refractivity contribution in [2.45, 2.75) is 13.3 Å². The van der Waals surface area contributed by atoms with Crippen LogP contribution in [0.15, 0.2) is 54.7 Å². The lowest BCUT2D eigenvalue weighted by Crippen LogP contribution is -2.33. The minimum Gasteiger partial charge on any atom is -0.496 e. The standard InChI is InChI=1S/C19H22N2O2/c1-15-7-3-4-8-16(15)11-13-20-19(22)21-14-12-17-9-5-6-10-18(17)23-2/h3-10,12,14H,11,13H2,1-2H3,(H2,20,21,22)/b14-12+. The zero-order valence-corrected chi connectivity index (χ0v) is 13.5. The third-order valence-electron chi connectivity index (χ3n) is 3.56. The maximum Gasteiger partial charge on any atom is 0.318 e. The van der Waals surface area contributed by atoms with Gasteiger partial charge in [0.2, 0.25) is 0 Å². The van der Waals surface area contributed by atoms with Crippen molar-refractivity contribution >= 4 is 12.1 Å². The van der Waals surface area contributed by atoms with Crippen LogP contribution in [0.4, 0.5) is 4.79 Å². The number of para-hydroxylation sites is 1. The van der Waals surface area contributed by atoms with Gasteiger partial charge in [0, 0.05) is 18.3 Å². The van der Waals surface area contributed by atoms with Crippen LogP contribution in [0.1, 0.15) is 16.7 Å². The Kier molecular flexibility index (Phi) is 6.24. The zero-order chi connectivity index (χ0) is 16.5. The van der Waals surface area contributed by atoms with Gasteiger partial charge >= 0.3 is 6.03 Å². The highest BCUT2D eigenvalue weighted by Crippen LogP contribution is 2.18. The van der Waals surface area contributed by atoms with Gasteiger partial charge < -0.3 is 15.4 Å². The molecule has 2 aromatic carbocycles. The molecular formula is C19H22N2O2. The van der Waals surface area contributed by atoms with Gasteiger partial charge in [0.05, 0.1) is 7.11 Å². The summed E-state index contributed by atoms with van der Waals surface area (Å²) < 4.78 is 5.25. The first kappa shape index (κ1) is 16.6. The number of urea groups is 1. The second kappa shape index (κ2) is 8.63. The van der Waals surface area contributed by atoms with E-state index in [4.69, 9.17) is 4.74 Å². The first-order valence-corrected chi connectivity index (χ1v) is 7.59. The Morgan fingerprint density at radius 2 is 1.87 bits per heavy atom. The number of methoxy groups -OCH3 is 1. The van der Waals surface area contributed by atoms with Crippen molar-refractivity contribution in [1.29, 1.82) is 0 Å². The van der Waals surface area contributed by atoms with Crippen molar-refractivity contribution in [1.82, 2.24) is 10.6 Å². The van der Waals surface area contributed by atoms with Crippen LogP contribution in [-0.2, 0) is 6.42 Å². The predicted molar refractivity (Wildman–Crippen MR) is 93.4 cm³/mol. The Morgan fingerprint density at radius 1 is 1.13 bits per heavy atom. The third kappa shape index (κ3) is 5.18. The van der Waals surface area contributed by atoms with Crippen LogP contribution in [0.2, 0.25) is 0 Å². The molecule has 2 aromatic rings. The first-order chi connectivity index (χ1) is 11.2. The maximum atomic E-state index is 11.8. The Labute approximate surface area is 137 Å². The molecule has 0 aliphatic heterocycles. The Hall–Kier alpha value is -2.75. The smallest absolute Gasteiger partial charge is 0.318 e. The van der Waals surface area contributed by atoms with E-state index >= 15 is 0 Å². The van der Waals surface area contributed by atoms with Crippen LogP contribution in [0.5, 0.6) is 5.75 Å². The number of benzene rings is 2. The molecule has 0 atom stereocenters. The normalized spacial score (nSPS) is 10.5. The van der Waals surface area contributed by atoms with E-state index in [1.165, 1.54) is 11.1 Å². The summed E-state index contributed by atoms with van der Waals surface area (Å²) in [6.45, 7) is 2.67. The summed E-state index contributed by atoms with van der Waals surface area (Å²) in [5.74, 6) is 0.769. The highest BCUT2D eigenvalue weighted by Gasteiger charge is 2.00. The minimum atomic E-state index is -0.218. The molecule has 0 fully saturated rings. The Bertz CT molecular complexity index is 681. The van der Waals surface area contributed by atoms with E-state index in [1.54, 1.807) is 19.4 Å². The monoisotopic (exact) mass is 310 g/mol. The molecule has 2 rings (SSSR count). The summed E-state index contributed by atoms with van der Waals surface area (Å²) in [4.78, 5) is 11.8. The predicted octanol–water partition coefficient (Wildman–Crippen LogP) is 3.52. The number of rotatable bonds is 6. The van der Waals surface area contributed by atoms with Crippen molar-refractivity contribution in [3.05, 3.63) is 71.4 Å². The molecule has 2 N–H and O–H groups in total. The molecule has 0 bridgehead atoms. The zero-order valence-electron chi connectivity index (χ0n) is 13.5. The van der Waals surface area contributed by atoms with Gasteiger partial charge in [0.1, 0.15) is 5.75 Å². The van der Waals surface area contributed by atoms with Crippen molar-refractivity contribution in [2.24, 2.45) is 0 Å². The maximum absolute atomic E-state index is 11.8. The quantitative estimate of drug-likeness (QED) is 0.858. The molecule has 23 heavy (non-hydrogen) atoms. The molecule has 0 saturated carbocycles. The summed E-state index contributed by atoms with van der Waals surface area (Å²) in [5.41, 5.74) is 3.40. The van der Waals surface area contributed by atoms with Gasteiger partial charge in [-0.3, -0.25) is 0 Å². The van der Waals surface area contributed by atoms with Crippen molar-refractivity contribution in [2.75, 3.05) is 13.7 Å². The van der Waals surface area contributed by atoms with Crippen LogP contribution >= 0.6 is 0 Å². The fourth-order valence-electron chi connectivity index (χ4n) is 2.26. The van der Waals surface area contributed by atoms with E-state index in [9.17, 15) is 4.79 Å². The van der Waals surface area contributed by atoms with Crippen molar-refractivity contribution < 1.29 is 9.53 Å². The summed E-state index contributed by atoms with van der Waals surface area (Å²) in [6, 6.07) is 15.6. The second-order valence-electron chi connectivity index (χ2n) is 5.15. The Balaban J connectivity index is 1.77. The average Bonchev–Trinajstić information content (AvgIpc) is 2.57. The van der Waals surface area contributed by atoms with Gasteiger partial charge in [-0.25, -0.2) is 4.79 Å². The van der Waals surface area contributed by atoms with E-state index in [0.717, 1.165) is 17.7 Å². The molecule has 0 unspecified atom stereocenters.